The average Bonchev–Trinajstić information content (AvgIpc) is 3.06. The van der Waals surface area contributed by atoms with Gasteiger partial charge in [0.25, 0.3) is 11.1 Å². The van der Waals surface area contributed by atoms with Crippen LogP contribution in [0.25, 0.3) is 6.08 Å². The molecule has 0 radical (unpaired) electrons. The summed E-state index contributed by atoms with van der Waals surface area (Å²) in [5.74, 6) is 0.822. The number of ether oxygens (including phenoxy) is 2. The molecule has 1 aromatic heterocycles. The number of imide groups is 1. The minimum Gasteiger partial charge on any atom is -0.493 e. The monoisotopic (exact) mass is 510 g/mol. The maximum absolute atomic E-state index is 12.8. The predicted molar refractivity (Wildman–Crippen MR) is 127 cm³/mol. The first-order chi connectivity index (χ1) is 15.5. The lowest BCUT2D eigenvalue weighted by atomic mass is 10.1. The van der Waals surface area contributed by atoms with Crippen LogP contribution in [0.4, 0.5) is 4.79 Å². The number of rotatable bonds is 7. The van der Waals surface area contributed by atoms with Gasteiger partial charge in [-0.05, 0) is 70.9 Å². The summed E-state index contributed by atoms with van der Waals surface area (Å²) >= 11 is 4.35. The number of thioether (sulfide) groups is 1. The van der Waals surface area contributed by atoms with Crippen LogP contribution in [0, 0.1) is 0 Å². The molecule has 1 fully saturated rings. The van der Waals surface area contributed by atoms with E-state index >= 15 is 0 Å². The van der Waals surface area contributed by atoms with Gasteiger partial charge in [-0.1, -0.05) is 34.1 Å². The molecule has 2 amide bonds. The van der Waals surface area contributed by atoms with E-state index in [0.29, 0.717) is 23.0 Å². The second-order valence-electron chi connectivity index (χ2n) is 6.95. The number of aromatic nitrogens is 1. The number of benzene rings is 2. The van der Waals surface area contributed by atoms with E-state index in [1.807, 2.05) is 42.5 Å². The molecule has 1 saturated heterocycles. The van der Waals surface area contributed by atoms with Crippen molar-refractivity contribution in [3.8, 4) is 11.5 Å². The van der Waals surface area contributed by atoms with Crippen molar-refractivity contribution >= 4 is 44.9 Å². The van der Waals surface area contributed by atoms with Gasteiger partial charge >= 0.3 is 0 Å². The van der Waals surface area contributed by atoms with Gasteiger partial charge in [0.2, 0.25) is 0 Å². The van der Waals surface area contributed by atoms with E-state index in [9.17, 15) is 9.59 Å². The fourth-order valence-corrected chi connectivity index (χ4v) is 4.42. The van der Waals surface area contributed by atoms with Crippen molar-refractivity contribution < 1.29 is 19.1 Å². The molecule has 3 aromatic rings. The van der Waals surface area contributed by atoms with Crippen molar-refractivity contribution in [1.82, 2.24) is 9.88 Å². The molecular formula is C24H19BrN2O4S. The lowest BCUT2D eigenvalue weighted by Gasteiger charge is -2.13. The Hall–Kier alpha value is -3.10. The Bertz CT molecular complexity index is 1180. The summed E-state index contributed by atoms with van der Waals surface area (Å²) in [4.78, 5) is 30.9. The smallest absolute Gasteiger partial charge is 0.293 e. The fourth-order valence-electron chi connectivity index (χ4n) is 3.14. The number of hydrogen-bond donors (Lipinski definition) is 0. The Morgan fingerprint density at radius 2 is 1.84 bits per heavy atom. The summed E-state index contributed by atoms with van der Waals surface area (Å²) in [6.45, 7) is 0.610. The molecule has 2 aromatic carbocycles. The summed E-state index contributed by atoms with van der Waals surface area (Å²) in [7, 11) is 1.56. The van der Waals surface area contributed by atoms with Gasteiger partial charge < -0.3 is 9.47 Å². The van der Waals surface area contributed by atoms with Gasteiger partial charge in [0.05, 0.1) is 18.6 Å². The minimum atomic E-state index is -0.308. The molecule has 0 aliphatic carbocycles. The number of nitrogens with zero attached hydrogens (tertiary/aromatic N) is 2. The van der Waals surface area contributed by atoms with Gasteiger partial charge in [0, 0.05) is 16.9 Å². The van der Waals surface area contributed by atoms with Crippen molar-refractivity contribution in [1.29, 1.82) is 0 Å². The summed E-state index contributed by atoms with van der Waals surface area (Å²) in [6.07, 6.45) is 5.12. The summed E-state index contributed by atoms with van der Waals surface area (Å²) in [5, 5.41) is -0.287. The van der Waals surface area contributed by atoms with Gasteiger partial charge in [-0.15, -0.1) is 0 Å². The Labute approximate surface area is 198 Å². The number of methoxy groups -OCH3 is 1. The number of carbonyl (C=O) groups is 2. The molecule has 0 atom stereocenters. The van der Waals surface area contributed by atoms with Crippen molar-refractivity contribution in [2.45, 2.75) is 13.2 Å². The Kier molecular flexibility index (Phi) is 6.92. The van der Waals surface area contributed by atoms with E-state index in [0.717, 1.165) is 32.9 Å². The highest BCUT2D eigenvalue weighted by molar-refractivity contribution is 9.10. The van der Waals surface area contributed by atoms with Gasteiger partial charge in [-0.3, -0.25) is 19.5 Å². The van der Waals surface area contributed by atoms with Gasteiger partial charge in [-0.2, -0.15) is 0 Å². The first-order valence-electron chi connectivity index (χ1n) is 9.73. The normalized spacial score (nSPS) is 14.8. The molecule has 1 aliphatic rings. The molecule has 1 aliphatic heterocycles. The number of pyridine rings is 1. The molecule has 32 heavy (non-hydrogen) atoms. The third-order valence-corrected chi connectivity index (χ3v) is 6.13. The molecule has 6 nitrogen and oxygen atoms in total. The third kappa shape index (κ3) is 5.20. The van der Waals surface area contributed by atoms with E-state index < -0.39 is 0 Å². The molecule has 8 heteroatoms. The third-order valence-electron chi connectivity index (χ3n) is 4.73. The second kappa shape index (κ2) is 10.0. The van der Waals surface area contributed by atoms with Crippen LogP contribution in [0.15, 0.2) is 76.4 Å². The Balaban J connectivity index is 1.49. The zero-order chi connectivity index (χ0) is 22.5. The number of halogens is 1. The Morgan fingerprint density at radius 3 is 2.59 bits per heavy atom. The molecule has 2 heterocycles. The summed E-state index contributed by atoms with van der Waals surface area (Å²) in [5.41, 5.74) is 2.61. The maximum Gasteiger partial charge on any atom is 0.293 e. The van der Waals surface area contributed by atoms with E-state index in [-0.39, 0.29) is 17.7 Å². The number of amides is 2. The van der Waals surface area contributed by atoms with Crippen molar-refractivity contribution in [3.63, 3.8) is 0 Å². The molecule has 0 bridgehead atoms. The van der Waals surface area contributed by atoms with E-state index in [2.05, 4.69) is 20.9 Å². The first-order valence-corrected chi connectivity index (χ1v) is 11.3. The van der Waals surface area contributed by atoms with Gasteiger partial charge in [0.15, 0.2) is 11.5 Å². The van der Waals surface area contributed by atoms with Crippen molar-refractivity contribution in [2.24, 2.45) is 0 Å². The predicted octanol–water partition coefficient (Wildman–Crippen LogP) is 5.67. The van der Waals surface area contributed by atoms with Crippen LogP contribution in [-0.2, 0) is 17.9 Å². The van der Waals surface area contributed by atoms with Crippen LogP contribution in [0.5, 0.6) is 11.5 Å². The Morgan fingerprint density at radius 1 is 1.03 bits per heavy atom. The van der Waals surface area contributed by atoms with Crippen molar-refractivity contribution in [2.75, 3.05) is 7.11 Å². The van der Waals surface area contributed by atoms with Gasteiger partial charge in [0.1, 0.15) is 6.61 Å². The molecule has 0 spiro atoms. The fraction of sp³-hybridized carbons (Fsp3) is 0.125. The first kappa shape index (κ1) is 22.1. The second-order valence-corrected chi connectivity index (χ2v) is 8.86. The highest BCUT2D eigenvalue weighted by Gasteiger charge is 2.35. The van der Waals surface area contributed by atoms with Crippen LogP contribution < -0.4 is 9.47 Å². The number of carbonyl (C=O) groups excluding carboxylic acids is 2. The van der Waals surface area contributed by atoms with E-state index in [4.69, 9.17) is 9.47 Å². The van der Waals surface area contributed by atoms with Crippen LogP contribution in [0.2, 0.25) is 0 Å². The zero-order valence-electron chi connectivity index (χ0n) is 17.2. The minimum absolute atomic E-state index is 0.229. The number of hydrogen-bond acceptors (Lipinski definition) is 6. The van der Waals surface area contributed by atoms with E-state index in [1.165, 1.54) is 4.90 Å². The summed E-state index contributed by atoms with van der Waals surface area (Å²) < 4.78 is 12.2. The summed E-state index contributed by atoms with van der Waals surface area (Å²) in [6, 6.07) is 16.7. The highest BCUT2D eigenvalue weighted by atomic mass is 79.9. The maximum atomic E-state index is 12.8. The lowest BCUT2D eigenvalue weighted by Crippen LogP contribution is -2.27. The largest absolute Gasteiger partial charge is 0.493 e. The lowest BCUT2D eigenvalue weighted by molar-refractivity contribution is -0.123. The van der Waals surface area contributed by atoms with E-state index in [1.54, 1.807) is 37.7 Å². The van der Waals surface area contributed by atoms with Gasteiger partial charge in [-0.25, -0.2) is 0 Å². The molecule has 162 valence electrons. The highest BCUT2D eigenvalue weighted by Crippen LogP contribution is 2.35. The molecule has 0 unspecified atom stereocenters. The molecule has 0 N–H and O–H groups in total. The van der Waals surface area contributed by atoms with Crippen LogP contribution in [0.3, 0.4) is 0 Å². The molecular weight excluding hydrogens is 492 g/mol. The topological polar surface area (TPSA) is 68.7 Å². The standard InChI is InChI=1S/C24H19BrN2O4S/c1-30-21-12-17(5-6-20(21)31-15-16-7-9-26-10-8-16)13-22-23(28)27(24(29)32-22)14-18-3-2-4-19(25)11-18/h2-13H,14-15H2,1H3/b22-13+. The zero-order valence-corrected chi connectivity index (χ0v) is 19.6. The average molecular weight is 511 g/mol. The molecule has 0 saturated carbocycles. The SMILES string of the molecule is COc1cc(/C=C2/SC(=O)N(Cc3cccc(Br)c3)C2=O)ccc1OCc1ccncc1. The van der Waals surface area contributed by atoms with Crippen LogP contribution in [-0.4, -0.2) is 28.1 Å². The quantitative estimate of drug-likeness (QED) is 0.381. The van der Waals surface area contributed by atoms with Crippen molar-refractivity contribution in [3.05, 3.63) is 93.1 Å². The van der Waals surface area contributed by atoms with Crippen LogP contribution >= 0.6 is 27.7 Å². The van der Waals surface area contributed by atoms with Crippen LogP contribution in [0.1, 0.15) is 16.7 Å². The molecule has 4 rings (SSSR count).